The Balaban J connectivity index is 1.55. The monoisotopic (exact) mass is 274 g/mol. The molecule has 0 aromatic carbocycles. The van der Waals surface area contributed by atoms with Gasteiger partial charge in [-0.15, -0.1) is 0 Å². The van der Waals surface area contributed by atoms with Gasteiger partial charge in [0, 0.05) is 18.5 Å². The highest BCUT2D eigenvalue weighted by atomic mass is 16.5. The second-order valence-corrected chi connectivity index (χ2v) is 7.92. The van der Waals surface area contributed by atoms with Crippen molar-refractivity contribution in [1.82, 2.24) is 5.16 Å². The van der Waals surface area contributed by atoms with Gasteiger partial charge in [-0.1, -0.05) is 5.16 Å². The average Bonchev–Trinajstić information content (AvgIpc) is 2.81. The first-order valence-electron chi connectivity index (χ1n) is 8.29. The second-order valence-electron chi connectivity index (χ2n) is 7.92. The van der Waals surface area contributed by atoms with E-state index in [0.717, 1.165) is 29.2 Å². The van der Waals surface area contributed by atoms with Gasteiger partial charge in [0.05, 0.1) is 5.69 Å². The van der Waals surface area contributed by atoms with Gasteiger partial charge in [0.15, 0.2) is 0 Å². The van der Waals surface area contributed by atoms with Gasteiger partial charge in [-0.05, 0) is 75.0 Å². The Bertz CT molecular complexity index is 458. The van der Waals surface area contributed by atoms with Gasteiger partial charge in [0.1, 0.15) is 5.76 Å². The van der Waals surface area contributed by atoms with Gasteiger partial charge in [0.2, 0.25) is 0 Å². The summed E-state index contributed by atoms with van der Waals surface area (Å²) in [6, 6.07) is 2.08. The molecule has 5 rings (SSSR count). The van der Waals surface area contributed by atoms with Gasteiger partial charge >= 0.3 is 0 Å². The van der Waals surface area contributed by atoms with Crippen molar-refractivity contribution in [1.29, 1.82) is 0 Å². The Morgan fingerprint density at radius 1 is 1.25 bits per heavy atom. The summed E-state index contributed by atoms with van der Waals surface area (Å²) in [4.78, 5) is 0. The molecular weight excluding hydrogens is 248 g/mol. The van der Waals surface area contributed by atoms with E-state index in [4.69, 9.17) is 10.3 Å². The van der Waals surface area contributed by atoms with Crippen molar-refractivity contribution in [3.05, 3.63) is 17.5 Å². The van der Waals surface area contributed by atoms with Crippen molar-refractivity contribution in [3.8, 4) is 0 Å². The minimum Gasteiger partial charge on any atom is -0.361 e. The minimum absolute atomic E-state index is 0.392. The molecule has 1 aromatic rings. The molecule has 3 nitrogen and oxygen atoms in total. The first-order chi connectivity index (χ1) is 9.66. The fourth-order valence-corrected chi connectivity index (χ4v) is 5.95. The van der Waals surface area contributed by atoms with Crippen LogP contribution in [0.3, 0.4) is 0 Å². The Kier molecular flexibility index (Phi) is 2.95. The summed E-state index contributed by atoms with van der Waals surface area (Å²) in [5.41, 5.74) is 7.72. The molecule has 4 fully saturated rings. The molecule has 4 saturated carbocycles. The maximum Gasteiger partial charge on any atom is 0.133 e. The number of aryl methyl sites for hydroxylation is 1. The van der Waals surface area contributed by atoms with Crippen LogP contribution in [-0.4, -0.2) is 11.7 Å². The number of nitrogens with two attached hydrogens (primary N) is 1. The number of rotatable bonds is 4. The topological polar surface area (TPSA) is 52.0 Å². The van der Waals surface area contributed by atoms with E-state index in [9.17, 15) is 0 Å². The summed E-state index contributed by atoms with van der Waals surface area (Å²) in [5, 5.41) is 4.23. The van der Waals surface area contributed by atoms with Gasteiger partial charge in [-0.25, -0.2) is 0 Å². The summed E-state index contributed by atoms with van der Waals surface area (Å²) in [6.45, 7) is 2.67. The predicted octanol–water partition coefficient (Wildman–Crippen LogP) is 3.63. The van der Waals surface area contributed by atoms with E-state index in [1.165, 1.54) is 44.9 Å². The van der Waals surface area contributed by atoms with E-state index in [1.807, 2.05) is 6.92 Å². The number of aromatic nitrogens is 1. The van der Waals surface area contributed by atoms with Crippen molar-refractivity contribution in [2.24, 2.45) is 28.9 Å². The highest BCUT2D eigenvalue weighted by Gasteiger charge is 2.51. The third-order valence-corrected chi connectivity index (χ3v) is 6.19. The summed E-state index contributed by atoms with van der Waals surface area (Å²) in [6.07, 6.45) is 10.1. The molecule has 0 amide bonds. The lowest BCUT2D eigenvalue weighted by Crippen LogP contribution is -2.47. The van der Waals surface area contributed by atoms with Gasteiger partial charge in [0.25, 0.3) is 0 Å². The lowest BCUT2D eigenvalue weighted by Gasteiger charge is -2.57. The number of hydrogen-bond donors (Lipinski definition) is 1. The number of hydrogen-bond acceptors (Lipinski definition) is 3. The normalized spacial score (nSPS) is 40.2. The Hall–Kier alpha value is -0.830. The van der Waals surface area contributed by atoms with E-state index in [0.29, 0.717) is 17.9 Å². The molecule has 1 heterocycles. The van der Waals surface area contributed by atoms with E-state index in [1.54, 1.807) is 0 Å². The van der Waals surface area contributed by atoms with Crippen LogP contribution in [0.2, 0.25) is 0 Å². The van der Waals surface area contributed by atoms with Gasteiger partial charge < -0.3 is 10.3 Å². The summed E-state index contributed by atoms with van der Waals surface area (Å²) in [7, 11) is 0. The molecule has 3 heteroatoms. The third-order valence-electron chi connectivity index (χ3n) is 6.19. The first kappa shape index (κ1) is 12.9. The van der Waals surface area contributed by atoms with E-state index in [2.05, 4.69) is 11.2 Å². The van der Waals surface area contributed by atoms with Crippen LogP contribution in [0.15, 0.2) is 10.6 Å². The first-order valence-corrected chi connectivity index (χ1v) is 8.29. The molecule has 0 spiro atoms. The van der Waals surface area contributed by atoms with Crippen LogP contribution in [0.4, 0.5) is 0 Å². The maximum atomic E-state index is 6.06. The Labute approximate surface area is 121 Å². The molecule has 0 saturated heterocycles. The van der Waals surface area contributed by atoms with Crippen LogP contribution >= 0.6 is 0 Å². The molecule has 4 aliphatic carbocycles. The van der Waals surface area contributed by atoms with Crippen molar-refractivity contribution in [3.63, 3.8) is 0 Å². The van der Waals surface area contributed by atoms with E-state index < -0.39 is 0 Å². The Morgan fingerprint density at radius 2 is 1.85 bits per heavy atom. The molecule has 2 N–H and O–H groups in total. The lowest BCUT2D eigenvalue weighted by molar-refractivity contribution is -0.0606. The molecular formula is C17H26N2O. The molecule has 4 aliphatic rings. The molecule has 1 aromatic heterocycles. The SMILES string of the molecule is Cc1cc(C(CN)CC23CC4CC(CC(C4)C2)C3)no1. The van der Waals surface area contributed by atoms with Crippen LogP contribution in [0, 0.1) is 30.1 Å². The minimum atomic E-state index is 0.392. The highest BCUT2D eigenvalue weighted by Crippen LogP contribution is 2.62. The molecule has 0 aliphatic heterocycles. The van der Waals surface area contributed by atoms with Crippen molar-refractivity contribution in [2.75, 3.05) is 6.54 Å². The van der Waals surface area contributed by atoms with E-state index in [-0.39, 0.29) is 0 Å². The summed E-state index contributed by atoms with van der Waals surface area (Å²) < 4.78 is 5.26. The third kappa shape index (κ3) is 2.11. The zero-order valence-corrected chi connectivity index (χ0v) is 12.5. The standard InChI is InChI=1S/C17H26N2O/c1-11-2-16(19-20-11)15(10-18)9-17-6-12-3-13(7-17)5-14(4-12)8-17/h2,12-15H,3-10,18H2,1H3. The van der Waals surface area contributed by atoms with Crippen LogP contribution in [0.1, 0.15) is 62.3 Å². The Morgan fingerprint density at radius 3 is 2.30 bits per heavy atom. The van der Waals surface area contributed by atoms with Gasteiger partial charge in [-0.3, -0.25) is 0 Å². The smallest absolute Gasteiger partial charge is 0.133 e. The van der Waals surface area contributed by atoms with Crippen LogP contribution in [0.25, 0.3) is 0 Å². The van der Waals surface area contributed by atoms with Crippen molar-refractivity contribution in [2.45, 2.75) is 57.8 Å². The predicted molar refractivity (Wildman–Crippen MR) is 78.3 cm³/mol. The zero-order chi connectivity index (χ0) is 13.7. The molecule has 1 atom stereocenters. The van der Waals surface area contributed by atoms with Crippen LogP contribution < -0.4 is 5.73 Å². The molecule has 1 unspecified atom stereocenters. The fourth-order valence-electron chi connectivity index (χ4n) is 5.95. The maximum absolute atomic E-state index is 6.06. The fraction of sp³-hybridized carbons (Fsp3) is 0.824. The molecule has 0 radical (unpaired) electrons. The highest BCUT2D eigenvalue weighted by molar-refractivity contribution is 5.13. The summed E-state index contributed by atoms with van der Waals surface area (Å²) >= 11 is 0. The van der Waals surface area contributed by atoms with Crippen molar-refractivity contribution >= 4 is 0 Å². The second kappa shape index (κ2) is 4.59. The molecule has 110 valence electrons. The molecule has 4 bridgehead atoms. The van der Waals surface area contributed by atoms with E-state index >= 15 is 0 Å². The van der Waals surface area contributed by atoms with Crippen LogP contribution in [0.5, 0.6) is 0 Å². The quantitative estimate of drug-likeness (QED) is 0.912. The summed E-state index contributed by atoms with van der Waals surface area (Å²) in [5.74, 6) is 4.34. The zero-order valence-electron chi connectivity index (χ0n) is 12.5. The van der Waals surface area contributed by atoms with Crippen molar-refractivity contribution < 1.29 is 4.52 Å². The lowest BCUT2D eigenvalue weighted by atomic mass is 9.48. The number of nitrogens with zero attached hydrogens (tertiary/aromatic N) is 1. The van der Waals surface area contributed by atoms with Crippen LogP contribution in [-0.2, 0) is 0 Å². The average molecular weight is 274 g/mol. The largest absolute Gasteiger partial charge is 0.361 e. The van der Waals surface area contributed by atoms with Gasteiger partial charge in [-0.2, -0.15) is 0 Å². The molecule has 20 heavy (non-hydrogen) atoms.